The first-order valence-corrected chi connectivity index (χ1v) is 5.74. The SMILES string of the molecule is Cn1c(C(=O)NCCN)cc2cc(Cl)ccc21. The molecule has 0 unspecified atom stereocenters. The van der Waals surface area contributed by atoms with Crippen LogP contribution in [0.1, 0.15) is 10.5 Å². The molecule has 3 N–H and O–H groups in total. The molecule has 17 heavy (non-hydrogen) atoms. The molecule has 90 valence electrons. The standard InChI is InChI=1S/C12H14ClN3O/c1-16-10-3-2-9(13)6-8(10)7-11(16)12(17)15-5-4-14/h2-3,6-7H,4-5,14H2,1H3,(H,15,17). The van der Waals surface area contributed by atoms with E-state index in [1.165, 1.54) is 0 Å². The molecule has 0 saturated carbocycles. The second-order valence-electron chi connectivity index (χ2n) is 3.84. The summed E-state index contributed by atoms with van der Waals surface area (Å²) in [6.45, 7) is 0.905. The number of hydrogen-bond donors (Lipinski definition) is 2. The first-order chi connectivity index (χ1) is 8.13. The van der Waals surface area contributed by atoms with Gasteiger partial charge in [0, 0.05) is 36.1 Å². The molecular formula is C12H14ClN3O. The summed E-state index contributed by atoms with van der Waals surface area (Å²) in [7, 11) is 1.85. The van der Waals surface area contributed by atoms with E-state index in [0.717, 1.165) is 10.9 Å². The van der Waals surface area contributed by atoms with Crippen LogP contribution in [0.25, 0.3) is 10.9 Å². The zero-order valence-corrected chi connectivity index (χ0v) is 10.3. The highest BCUT2D eigenvalue weighted by Crippen LogP contribution is 2.22. The van der Waals surface area contributed by atoms with Gasteiger partial charge in [-0.05, 0) is 24.3 Å². The van der Waals surface area contributed by atoms with Gasteiger partial charge in [0.2, 0.25) is 0 Å². The lowest BCUT2D eigenvalue weighted by Gasteiger charge is -2.04. The van der Waals surface area contributed by atoms with Crippen molar-refractivity contribution in [2.45, 2.75) is 0 Å². The summed E-state index contributed by atoms with van der Waals surface area (Å²) in [5, 5.41) is 4.37. The van der Waals surface area contributed by atoms with Crippen LogP contribution in [0.5, 0.6) is 0 Å². The number of benzene rings is 1. The summed E-state index contributed by atoms with van der Waals surface area (Å²) in [5.74, 6) is -0.120. The zero-order chi connectivity index (χ0) is 12.4. The average Bonchev–Trinajstić information content (AvgIpc) is 2.63. The van der Waals surface area contributed by atoms with Crippen molar-refractivity contribution >= 4 is 28.4 Å². The van der Waals surface area contributed by atoms with Gasteiger partial charge in [0.1, 0.15) is 5.69 Å². The summed E-state index contributed by atoms with van der Waals surface area (Å²) in [4.78, 5) is 11.9. The predicted molar refractivity (Wildman–Crippen MR) is 69.3 cm³/mol. The van der Waals surface area contributed by atoms with Crippen LogP contribution in [0.3, 0.4) is 0 Å². The molecule has 0 atom stereocenters. The zero-order valence-electron chi connectivity index (χ0n) is 9.53. The smallest absolute Gasteiger partial charge is 0.267 e. The van der Waals surface area contributed by atoms with Gasteiger partial charge >= 0.3 is 0 Å². The molecular weight excluding hydrogens is 238 g/mol. The third-order valence-electron chi connectivity index (χ3n) is 2.67. The molecule has 0 spiro atoms. The lowest BCUT2D eigenvalue weighted by molar-refractivity contribution is 0.0947. The number of aromatic nitrogens is 1. The Balaban J connectivity index is 2.41. The van der Waals surface area contributed by atoms with Gasteiger partial charge in [-0.2, -0.15) is 0 Å². The molecule has 0 aliphatic heterocycles. The second-order valence-corrected chi connectivity index (χ2v) is 4.27. The van der Waals surface area contributed by atoms with Crippen LogP contribution in [-0.4, -0.2) is 23.6 Å². The van der Waals surface area contributed by atoms with E-state index in [9.17, 15) is 4.79 Å². The minimum absolute atomic E-state index is 0.120. The van der Waals surface area contributed by atoms with E-state index < -0.39 is 0 Å². The van der Waals surface area contributed by atoms with E-state index in [1.54, 1.807) is 0 Å². The highest BCUT2D eigenvalue weighted by molar-refractivity contribution is 6.31. The molecule has 1 aromatic heterocycles. The maximum Gasteiger partial charge on any atom is 0.267 e. The molecule has 0 saturated heterocycles. The molecule has 0 fully saturated rings. The van der Waals surface area contributed by atoms with Crippen LogP contribution in [-0.2, 0) is 7.05 Å². The number of carbonyl (C=O) groups excluding carboxylic acids is 1. The monoisotopic (exact) mass is 251 g/mol. The molecule has 0 bridgehead atoms. The third kappa shape index (κ3) is 2.28. The van der Waals surface area contributed by atoms with Gasteiger partial charge in [-0.25, -0.2) is 0 Å². The van der Waals surface area contributed by atoms with Crippen molar-refractivity contribution in [1.82, 2.24) is 9.88 Å². The third-order valence-corrected chi connectivity index (χ3v) is 2.90. The molecule has 1 heterocycles. The van der Waals surface area contributed by atoms with E-state index in [1.807, 2.05) is 35.9 Å². The van der Waals surface area contributed by atoms with Crippen LogP contribution >= 0.6 is 11.6 Å². The van der Waals surface area contributed by atoms with Crippen LogP contribution in [0.2, 0.25) is 5.02 Å². The first kappa shape index (κ1) is 12.0. The van der Waals surface area contributed by atoms with Gasteiger partial charge in [-0.3, -0.25) is 4.79 Å². The predicted octanol–water partition coefficient (Wildman–Crippen LogP) is 1.52. The second kappa shape index (κ2) is 4.77. The Labute approximate surface area is 104 Å². The lowest BCUT2D eigenvalue weighted by atomic mass is 10.2. The molecule has 1 amide bonds. The van der Waals surface area contributed by atoms with Crippen molar-refractivity contribution in [1.29, 1.82) is 0 Å². The van der Waals surface area contributed by atoms with Crippen molar-refractivity contribution in [3.8, 4) is 0 Å². The maximum absolute atomic E-state index is 11.9. The Kier molecular flexibility index (Phi) is 3.36. The Bertz CT molecular complexity index is 562. The van der Waals surface area contributed by atoms with E-state index in [-0.39, 0.29) is 5.91 Å². The fraction of sp³-hybridized carbons (Fsp3) is 0.250. The summed E-state index contributed by atoms with van der Waals surface area (Å²) < 4.78 is 1.84. The number of hydrogen-bond acceptors (Lipinski definition) is 2. The van der Waals surface area contributed by atoms with Crippen LogP contribution in [0, 0.1) is 0 Å². The summed E-state index contributed by atoms with van der Waals surface area (Å²) in [6.07, 6.45) is 0. The van der Waals surface area contributed by atoms with Crippen LogP contribution in [0.15, 0.2) is 24.3 Å². The first-order valence-electron chi connectivity index (χ1n) is 5.36. The van der Waals surface area contributed by atoms with Gasteiger partial charge < -0.3 is 15.6 Å². The Morgan fingerprint density at radius 1 is 1.47 bits per heavy atom. The number of aryl methyl sites for hydroxylation is 1. The Hall–Kier alpha value is -1.52. The number of fused-ring (bicyclic) bond motifs is 1. The van der Waals surface area contributed by atoms with Gasteiger partial charge in [0.15, 0.2) is 0 Å². The topological polar surface area (TPSA) is 60.0 Å². The van der Waals surface area contributed by atoms with E-state index in [4.69, 9.17) is 17.3 Å². The number of amides is 1. The van der Waals surface area contributed by atoms with E-state index >= 15 is 0 Å². The number of rotatable bonds is 3. The fourth-order valence-electron chi connectivity index (χ4n) is 1.81. The highest BCUT2D eigenvalue weighted by Gasteiger charge is 2.12. The molecule has 0 aliphatic rings. The molecule has 2 rings (SSSR count). The van der Waals surface area contributed by atoms with Crippen LogP contribution < -0.4 is 11.1 Å². The van der Waals surface area contributed by atoms with Gasteiger partial charge in [-0.15, -0.1) is 0 Å². The minimum Gasteiger partial charge on any atom is -0.349 e. The fourth-order valence-corrected chi connectivity index (χ4v) is 1.99. The minimum atomic E-state index is -0.120. The van der Waals surface area contributed by atoms with Gasteiger partial charge in [0.05, 0.1) is 0 Å². The van der Waals surface area contributed by atoms with Crippen molar-refractivity contribution in [3.63, 3.8) is 0 Å². The molecule has 5 heteroatoms. The maximum atomic E-state index is 11.9. The molecule has 0 radical (unpaired) electrons. The van der Waals surface area contributed by atoms with E-state index in [0.29, 0.717) is 23.8 Å². The van der Waals surface area contributed by atoms with Gasteiger partial charge in [0.25, 0.3) is 5.91 Å². The number of carbonyl (C=O) groups is 1. The number of nitrogens with two attached hydrogens (primary N) is 1. The average molecular weight is 252 g/mol. The Morgan fingerprint density at radius 3 is 2.94 bits per heavy atom. The summed E-state index contributed by atoms with van der Waals surface area (Å²) in [6, 6.07) is 7.38. The summed E-state index contributed by atoms with van der Waals surface area (Å²) >= 11 is 5.92. The Morgan fingerprint density at radius 2 is 2.24 bits per heavy atom. The van der Waals surface area contributed by atoms with Crippen molar-refractivity contribution in [2.75, 3.05) is 13.1 Å². The number of halogens is 1. The summed E-state index contributed by atoms with van der Waals surface area (Å²) in [5.41, 5.74) is 6.94. The quantitative estimate of drug-likeness (QED) is 0.869. The van der Waals surface area contributed by atoms with Crippen molar-refractivity contribution < 1.29 is 4.79 Å². The van der Waals surface area contributed by atoms with Gasteiger partial charge in [-0.1, -0.05) is 11.6 Å². The number of nitrogens with one attached hydrogen (secondary N) is 1. The largest absolute Gasteiger partial charge is 0.349 e. The van der Waals surface area contributed by atoms with Crippen molar-refractivity contribution in [3.05, 3.63) is 35.0 Å². The highest BCUT2D eigenvalue weighted by atomic mass is 35.5. The molecule has 2 aromatic rings. The van der Waals surface area contributed by atoms with E-state index in [2.05, 4.69) is 5.32 Å². The molecule has 4 nitrogen and oxygen atoms in total. The van der Waals surface area contributed by atoms with Crippen molar-refractivity contribution in [2.24, 2.45) is 12.8 Å². The normalized spacial score (nSPS) is 10.8. The molecule has 1 aromatic carbocycles. The number of nitrogens with zero attached hydrogens (tertiary/aromatic N) is 1. The lowest BCUT2D eigenvalue weighted by Crippen LogP contribution is -2.30. The van der Waals surface area contributed by atoms with Crippen LogP contribution in [0.4, 0.5) is 0 Å². The molecule has 0 aliphatic carbocycles.